The average Bonchev–Trinajstić information content (AvgIpc) is 2.26. The Morgan fingerprint density at radius 1 is 1.38 bits per heavy atom. The van der Waals surface area contributed by atoms with Crippen LogP contribution in [0.2, 0.25) is 5.02 Å². The molecule has 16 heavy (non-hydrogen) atoms. The molecule has 0 saturated carbocycles. The lowest BCUT2D eigenvalue weighted by Crippen LogP contribution is -2.31. The molecule has 0 amide bonds. The van der Waals surface area contributed by atoms with Gasteiger partial charge in [0, 0.05) is 18.7 Å². The van der Waals surface area contributed by atoms with Crippen LogP contribution in [-0.2, 0) is 14.8 Å². The summed E-state index contributed by atoms with van der Waals surface area (Å²) >= 11 is 5.68. The van der Waals surface area contributed by atoms with Crippen molar-refractivity contribution >= 4 is 21.6 Å². The van der Waals surface area contributed by atoms with E-state index < -0.39 is 10.0 Å². The minimum atomic E-state index is -3.47. The minimum absolute atomic E-state index is 0.165. The van der Waals surface area contributed by atoms with E-state index in [1.165, 1.54) is 31.4 Å². The highest BCUT2D eigenvalue weighted by molar-refractivity contribution is 7.89. The first-order chi connectivity index (χ1) is 7.45. The molecule has 0 aliphatic rings. The monoisotopic (exact) mass is 263 g/mol. The molecule has 0 saturated heterocycles. The van der Waals surface area contributed by atoms with Crippen molar-refractivity contribution < 1.29 is 13.2 Å². The number of halogens is 1. The van der Waals surface area contributed by atoms with Gasteiger partial charge in [-0.15, -0.1) is 0 Å². The Bertz CT molecular complexity index is 430. The average molecular weight is 264 g/mol. The van der Waals surface area contributed by atoms with Crippen LogP contribution < -0.4 is 4.72 Å². The van der Waals surface area contributed by atoms with Crippen molar-refractivity contribution in [1.29, 1.82) is 0 Å². The van der Waals surface area contributed by atoms with Crippen LogP contribution in [0, 0.1) is 0 Å². The first kappa shape index (κ1) is 13.4. The molecule has 0 fully saturated rings. The number of benzene rings is 1. The van der Waals surface area contributed by atoms with Crippen LogP contribution in [0.5, 0.6) is 0 Å². The molecule has 1 aromatic rings. The quantitative estimate of drug-likeness (QED) is 0.879. The molecule has 0 bridgehead atoms. The summed E-state index contributed by atoms with van der Waals surface area (Å²) in [5.74, 6) is 0. The van der Waals surface area contributed by atoms with E-state index in [0.717, 1.165) is 0 Å². The summed E-state index contributed by atoms with van der Waals surface area (Å²) in [5.41, 5.74) is 0. The number of methoxy groups -OCH3 is 1. The van der Waals surface area contributed by atoms with E-state index in [1.807, 2.05) is 0 Å². The van der Waals surface area contributed by atoms with Gasteiger partial charge in [-0.2, -0.15) is 0 Å². The maximum Gasteiger partial charge on any atom is 0.240 e. The van der Waals surface area contributed by atoms with Gasteiger partial charge < -0.3 is 4.74 Å². The highest BCUT2D eigenvalue weighted by Crippen LogP contribution is 2.13. The molecule has 0 heterocycles. The van der Waals surface area contributed by atoms with E-state index in [2.05, 4.69) is 4.72 Å². The topological polar surface area (TPSA) is 55.4 Å². The van der Waals surface area contributed by atoms with Gasteiger partial charge in [0.25, 0.3) is 0 Å². The number of hydrogen-bond donors (Lipinski definition) is 1. The first-order valence-corrected chi connectivity index (χ1v) is 6.60. The lowest BCUT2D eigenvalue weighted by atomic mass is 10.4. The first-order valence-electron chi connectivity index (χ1n) is 4.74. The lowest BCUT2D eigenvalue weighted by Gasteiger charge is -2.11. The van der Waals surface area contributed by atoms with Crippen LogP contribution in [0.25, 0.3) is 0 Å². The van der Waals surface area contributed by atoms with Crippen LogP contribution in [0.4, 0.5) is 0 Å². The molecule has 1 rings (SSSR count). The molecule has 6 heteroatoms. The Morgan fingerprint density at radius 2 is 1.94 bits per heavy atom. The van der Waals surface area contributed by atoms with E-state index in [1.54, 1.807) is 6.92 Å². The Kier molecular flexibility index (Phi) is 4.73. The van der Waals surface area contributed by atoms with Crippen LogP contribution >= 0.6 is 11.6 Å². The fourth-order valence-electron chi connectivity index (χ4n) is 1.01. The van der Waals surface area contributed by atoms with Crippen molar-refractivity contribution in [2.45, 2.75) is 17.9 Å². The molecule has 90 valence electrons. The molecule has 0 radical (unpaired) electrons. The summed E-state index contributed by atoms with van der Waals surface area (Å²) in [6, 6.07) is 6.00. The van der Waals surface area contributed by atoms with Crippen LogP contribution in [0.3, 0.4) is 0 Å². The molecular weight excluding hydrogens is 250 g/mol. The smallest absolute Gasteiger partial charge is 0.240 e. The number of sulfonamides is 1. The predicted octanol–water partition coefficient (Wildman–Crippen LogP) is 1.65. The van der Waals surface area contributed by atoms with Crippen molar-refractivity contribution in [3.05, 3.63) is 29.3 Å². The van der Waals surface area contributed by atoms with Crippen LogP contribution in [0.1, 0.15) is 6.92 Å². The summed E-state index contributed by atoms with van der Waals surface area (Å²) < 4.78 is 30.9. The van der Waals surface area contributed by atoms with Gasteiger partial charge in [-0.3, -0.25) is 0 Å². The van der Waals surface area contributed by atoms with Gasteiger partial charge in [-0.25, -0.2) is 13.1 Å². The number of ether oxygens (including phenoxy) is 1. The van der Waals surface area contributed by atoms with Crippen molar-refractivity contribution in [2.24, 2.45) is 0 Å². The second-order valence-electron chi connectivity index (χ2n) is 3.35. The molecule has 0 aliphatic heterocycles. The highest BCUT2D eigenvalue weighted by Gasteiger charge is 2.14. The van der Waals surface area contributed by atoms with Crippen molar-refractivity contribution in [2.75, 3.05) is 13.7 Å². The SMILES string of the molecule is COC(C)CNS(=O)(=O)c1ccc(Cl)cc1. The van der Waals surface area contributed by atoms with Crippen molar-refractivity contribution in [3.63, 3.8) is 0 Å². The third kappa shape index (κ3) is 3.75. The Hall–Kier alpha value is -0.620. The summed E-state index contributed by atoms with van der Waals surface area (Å²) in [5, 5.41) is 0.504. The van der Waals surface area contributed by atoms with Gasteiger partial charge in [-0.05, 0) is 31.2 Å². The number of rotatable bonds is 5. The van der Waals surface area contributed by atoms with E-state index in [4.69, 9.17) is 16.3 Å². The molecule has 1 atom stereocenters. The Labute approximate surface area is 101 Å². The van der Waals surface area contributed by atoms with Gasteiger partial charge in [0.05, 0.1) is 11.0 Å². The second-order valence-corrected chi connectivity index (χ2v) is 5.56. The molecule has 0 aliphatic carbocycles. The lowest BCUT2D eigenvalue weighted by molar-refractivity contribution is 0.122. The van der Waals surface area contributed by atoms with Crippen LogP contribution in [0.15, 0.2) is 29.2 Å². The summed E-state index contributed by atoms with van der Waals surface area (Å²) in [6.45, 7) is 2.02. The Morgan fingerprint density at radius 3 is 2.44 bits per heavy atom. The largest absolute Gasteiger partial charge is 0.380 e. The van der Waals surface area contributed by atoms with Crippen molar-refractivity contribution in [1.82, 2.24) is 4.72 Å². The fraction of sp³-hybridized carbons (Fsp3) is 0.400. The van der Waals surface area contributed by atoms with Gasteiger partial charge in [0.15, 0.2) is 0 Å². The maximum atomic E-state index is 11.8. The van der Waals surface area contributed by atoms with Gasteiger partial charge >= 0.3 is 0 Å². The highest BCUT2D eigenvalue weighted by atomic mass is 35.5. The van der Waals surface area contributed by atoms with E-state index >= 15 is 0 Å². The Balaban J connectivity index is 2.74. The molecule has 1 N–H and O–H groups in total. The number of nitrogens with one attached hydrogen (secondary N) is 1. The minimum Gasteiger partial charge on any atom is -0.380 e. The molecule has 4 nitrogen and oxygen atoms in total. The second kappa shape index (κ2) is 5.63. The summed E-state index contributed by atoms with van der Waals surface area (Å²) in [7, 11) is -1.94. The van der Waals surface area contributed by atoms with Gasteiger partial charge in [0.2, 0.25) is 10.0 Å². The summed E-state index contributed by atoms with van der Waals surface area (Å²) in [4.78, 5) is 0.195. The summed E-state index contributed by atoms with van der Waals surface area (Å²) in [6.07, 6.45) is -0.165. The van der Waals surface area contributed by atoms with Gasteiger partial charge in [-0.1, -0.05) is 11.6 Å². The van der Waals surface area contributed by atoms with Crippen LogP contribution in [-0.4, -0.2) is 28.2 Å². The third-order valence-electron chi connectivity index (χ3n) is 2.09. The van der Waals surface area contributed by atoms with Crippen molar-refractivity contribution in [3.8, 4) is 0 Å². The molecule has 0 spiro atoms. The standard InChI is InChI=1S/C10H14ClNO3S/c1-8(15-2)7-12-16(13,14)10-5-3-9(11)4-6-10/h3-6,8,12H,7H2,1-2H3. The van der Waals surface area contributed by atoms with Gasteiger partial charge in [0.1, 0.15) is 0 Å². The zero-order chi connectivity index (χ0) is 12.2. The molecule has 1 aromatic carbocycles. The maximum absolute atomic E-state index is 11.8. The number of hydrogen-bond acceptors (Lipinski definition) is 3. The molecule has 1 unspecified atom stereocenters. The van der Waals surface area contributed by atoms with E-state index in [0.29, 0.717) is 5.02 Å². The van der Waals surface area contributed by atoms with E-state index in [-0.39, 0.29) is 17.5 Å². The third-order valence-corrected chi connectivity index (χ3v) is 3.78. The zero-order valence-electron chi connectivity index (χ0n) is 9.10. The predicted molar refractivity (Wildman–Crippen MR) is 63.1 cm³/mol. The fourth-order valence-corrected chi connectivity index (χ4v) is 2.25. The molecular formula is C10H14ClNO3S. The molecule has 0 aromatic heterocycles. The normalized spacial score (nSPS) is 13.7. The van der Waals surface area contributed by atoms with E-state index in [9.17, 15) is 8.42 Å². The zero-order valence-corrected chi connectivity index (χ0v) is 10.7.